The van der Waals surface area contributed by atoms with Gasteiger partial charge in [-0.05, 0) is 33.4 Å². The molecule has 30 heavy (non-hydrogen) atoms. The maximum Gasteiger partial charge on any atom is 0.207 e. The molecular weight excluding hydrogens is 380 g/mol. The summed E-state index contributed by atoms with van der Waals surface area (Å²) >= 11 is 0. The van der Waals surface area contributed by atoms with Crippen molar-refractivity contribution in [2.75, 3.05) is 27.8 Å². The summed E-state index contributed by atoms with van der Waals surface area (Å²) in [6.07, 6.45) is 12.1. The highest BCUT2D eigenvalue weighted by Gasteiger charge is 2.10. The van der Waals surface area contributed by atoms with E-state index in [1.807, 2.05) is 48.7 Å². The number of nitrogens with one attached hydrogen (secondary N) is 2. The Morgan fingerprint density at radius 3 is 1.80 bits per heavy atom. The molecule has 0 radical (unpaired) electrons. The van der Waals surface area contributed by atoms with Gasteiger partial charge < -0.3 is 20.2 Å². The number of ketones is 1. The van der Waals surface area contributed by atoms with Crippen molar-refractivity contribution in [1.82, 2.24) is 10.6 Å². The van der Waals surface area contributed by atoms with Crippen molar-refractivity contribution >= 4 is 18.5 Å². The predicted octanol–water partition coefficient (Wildman–Crippen LogP) is 5.33. The lowest BCUT2D eigenvalue weighted by molar-refractivity contribution is -0.119. The third-order valence-corrected chi connectivity index (χ3v) is 3.55. The van der Waals surface area contributed by atoms with Crippen LogP contribution in [0.5, 0.6) is 0 Å². The normalized spacial score (nSPS) is 11.5. The number of amides is 1. The minimum absolute atomic E-state index is 0.395. The van der Waals surface area contributed by atoms with Crippen LogP contribution >= 0.6 is 0 Å². The molecule has 0 spiro atoms. The highest BCUT2D eigenvalue weighted by atomic mass is 16.5. The van der Waals surface area contributed by atoms with Gasteiger partial charge in [-0.1, -0.05) is 67.2 Å². The zero-order valence-corrected chi connectivity index (χ0v) is 21.6. The topological polar surface area (TPSA) is 84.5 Å². The predicted molar refractivity (Wildman–Crippen MR) is 131 cm³/mol. The monoisotopic (exact) mass is 434 g/mol. The number of ether oxygens (including phenoxy) is 1. The van der Waals surface area contributed by atoms with Gasteiger partial charge in [0, 0.05) is 32.4 Å². The molecule has 1 fully saturated rings. The van der Waals surface area contributed by atoms with Gasteiger partial charge in [0.25, 0.3) is 0 Å². The fraction of sp³-hybridized carbons (Fsp3) is 0.875. The van der Waals surface area contributed by atoms with E-state index < -0.39 is 0 Å². The Kier molecular flexibility index (Phi) is 60.3. The third-order valence-electron chi connectivity index (χ3n) is 3.55. The van der Waals surface area contributed by atoms with E-state index in [-0.39, 0.29) is 0 Å². The maximum atomic E-state index is 10.6. The highest BCUT2D eigenvalue weighted by Crippen LogP contribution is 2.16. The Morgan fingerprint density at radius 1 is 1.00 bits per heavy atom. The fourth-order valence-electron chi connectivity index (χ4n) is 2.08. The van der Waals surface area contributed by atoms with Crippen molar-refractivity contribution in [1.29, 1.82) is 0 Å². The lowest BCUT2D eigenvalue weighted by atomic mass is 9.96. The summed E-state index contributed by atoms with van der Waals surface area (Å²) in [5.41, 5.74) is 0. The Bertz CT molecular complexity index is 295. The van der Waals surface area contributed by atoms with Crippen LogP contribution in [0.3, 0.4) is 0 Å². The standard InChI is InChI=1S/C7H13NO.C7H14O.C4H8O2.C2H7N.2C2H6/c9-6-8-7-4-2-1-3-5-7;1-3-5-6-7(8)4-2;1-6-4-2-3-5;1-3-2;2*1-2/h6-7H,1-5H2,(H,8,9);3-6H2,1-2H3;3H,2,4H2,1H3;3H,1-2H3;2*1-2H3. The molecule has 0 atom stereocenters. The maximum absolute atomic E-state index is 10.6. The van der Waals surface area contributed by atoms with Crippen LogP contribution in [0.1, 0.15) is 106 Å². The molecule has 0 aromatic carbocycles. The number of Topliss-reactive ketones (excluding diaryl/α,β-unsaturated/α-hetero) is 1. The first-order valence-corrected chi connectivity index (χ1v) is 11.8. The molecule has 6 heteroatoms. The quantitative estimate of drug-likeness (QED) is 0.378. The first-order chi connectivity index (χ1) is 14.6. The van der Waals surface area contributed by atoms with Crippen molar-refractivity contribution in [3.63, 3.8) is 0 Å². The van der Waals surface area contributed by atoms with Crippen LogP contribution in [0.15, 0.2) is 0 Å². The van der Waals surface area contributed by atoms with Crippen molar-refractivity contribution in [2.45, 2.75) is 112 Å². The molecule has 0 saturated heterocycles. The van der Waals surface area contributed by atoms with E-state index in [9.17, 15) is 14.4 Å². The third kappa shape index (κ3) is 50.4. The highest BCUT2D eigenvalue weighted by molar-refractivity contribution is 5.77. The van der Waals surface area contributed by atoms with Crippen molar-refractivity contribution in [2.24, 2.45) is 0 Å². The molecule has 1 rings (SSSR count). The van der Waals surface area contributed by atoms with Gasteiger partial charge in [-0.3, -0.25) is 9.59 Å². The Morgan fingerprint density at radius 2 is 1.50 bits per heavy atom. The van der Waals surface area contributed by atoms with Gasteiger partial charge in [-0.15, -0.1) is 0 Å². The summed E-state index contributed by atoms with van der Waals surface area (Å²) in [6.45, 7) is 12.6. The number of aldehydes is 1. The fourth-order valence-corrected chi connectivity index (χ4v) is 2.08. The van der Waals surface area contributed by atoms with E-state index in [1.165, 1.54) is 32.1 Å². The van der Waals surface area contributed by atoms with Crippen LogP contribution < -0.4 is 10.6 Å². The van der Waals surface area contributed by atoms with Crippen molar-refractivity contribution in [3.05, 3.63) is 0 Å². The van der Waals surface area contributed by atoms with Gasteiger partial charge in [0.05, 0.1) is 6.61 Å². The molecule has 0 heterocycles. The molecule has 1 saturated carbocycles. The van der Waals surface area contributed by atoms with E-state index in [2.05, 4.69) is 22.3 Å². The van der Waals surface area contributed by atoms with Gasteiger partial charge in [0.15, 0.2) is 0 Å². The first kappa shape index (κ1) is 39.2. The summed E-state index contributed by atoms with van der Waals surface area (Å²) in [7, 11) is 5.32. The molecule has 184 valence electrons. The lowest BCUT2D eigenvalue weighted by Gasteiger charge is -2.19. The van der Waals surface area contributed by atoms with E-state index >= 15 is 0 Å². The summed E-state index contributed by atoms with van der Waals surface area (Å²) in [4.78, 5) is 30.0. The minimum atomic E-state index is 0.395. The zero-order chi connectivity index (χ0) is 24.5. The molecule has 1 aliphatic carbocycles. The Hall–Kier alpha value is -1.27. The lowest BCUT2D eigenvalue weighted by Crippen LogP contribution is -2.29. The molecule has 0 bridgehead atoms. The summed E-state index contributed by atoms with van der Waals surface area (Å²) in [5.74, 6) is 0.395. The molecule has 0 aromatic rings. The van der Waals surface area contributed by atoms with Gasteiger partial charge in [-0.2, -0.15) is 0 Å². The van der Waals surface area contributed by atoms with E-state index in [1.54, 1.807) is 7.11 Å². The van der Waals surface area contributed by atoms with Crippen LogP contribution in [-0.4, -0.2) is 52.3 Å². The number of carbonyl (C=O) groups is 3. The minimum Gasteiger partial charge on any atom is -0.384 e. The molecule has 0 aliphatic heterocycles. The van der Waals surface area contributed by atoms with E-state index in [0.29, 0.717) is 31.3 Å². The van der Waals surface area contributed by atoms with Crippen LogP contribution in [0, 0.1) is 0 Å². The number of hydrogen-bond donors (Lipinski definition) is 2. The van der Waals surface area contributed by atoms with Crippen LogP contribution in [0.4, 0.5) is 0 Å². The Balaban J connectivity index is -0.0000000917. The zero-order valence-electron chi connectivity index (χ0n) is 21.6. The first-order valence-electron chi connectivity index (χ1n) is 11.8. The summed E-state index contributed by atoms with van der Waals surface area (Å²) in [6, 6.07) is 0.483. The van der Waals surface area contributed by atoms with Crippen LogP contribution in [0.2, 0.25) is 0 Å². The number of methoxy groups -OCH3 is 1. The summed E-state index contributed by atoms with van der Waals surface area (Å²) in [5, 5.41) is 5.55. The SMILES string of the molecule is CC.CC.CCCCC(=O)CC.CNC.COCCC=O.O=CNC1CCCCC1. The van der Waals surface area contributed by atoms with Crippen LogP contribution in [0.25, 0.3) is 0 Å². The second kappa shape index (κ2) is 46.1. The van der Waals surface area contributed by atoms with Gasteiger partial charge in [0.2, 0.25) is 6.41 Å². The molecule has 0 unspecified atom stereocenters. The average molecular weight is 435 g/mol. The van der Waals surface area contributed by atoms with E-state index in [4.69, 9.17) is 0 Å². The smallest absolute Gasteiger partial charge is 0.207 e. The van der Waals surface area contributed by atoms with Crippen molar-refractivity contribution < 1.29 is 19.1 Å². The number of hydrogen-bond acceptors (Lipinski definition) is 5. The molecule has 1 amide bonds. The molecule has 2 N–H and O–H groups in total. The number of unbranched alkanes of at least 4 members (excludes halogenated alkanes) is 1. The number of carbonyl (C=O) groups excluding carboxylic acids is 3. The molecule has 6 nitrogen and oxygen atoms in total. The summed E-state index contributed by atoms with van der Waals surface area (Å²) < 4.78 is 4.55. The van der Waals surface area contributed by atoms with Gasteiger partial charge >= 0.3 is 0 Å². The van der Waals surface area contributed by atoms with Gasteiger partial charge in [-0.25, -0.2) is 0 Å². The molecule has 0 aromatic heterocycles. The second-order valence-corrected chi connectivity index (χ2v) is 6.06. The Labute approximate surface area is 188 Å². The average Bonchev–Trinajstić information content (AvgIpc) is 2.81. The van der Waals surface area contributed by atoms with Crippen LogP contribution in [-0.2, 0) is 19.1 Å². The van der Waals surface area contributed by atoms with Crippen molar-refractivity contribution in [3.8, 4) is 0 Å². The van der Waals surface area contributed by atoms with Gasteiger partial charge in [0.1, 0.15) is 12.1 Å². The second-order valence-electron chi connectivity index (χ2n) is 6.06. The molecule has 1 aliphatic rings. The van der Waals surface area contributed by atoms with E-state index in [0.717, 1.165) is 32.0 Å². The molecular formula is C24H54N2O4. The largest absolute Gasteiger partial charge is 0.384 e. The number of rotatable bonds is 9.